The maximum atomic E-state index is 12.8. The van der Waals surface area contributed by atoms with Gasteiger partial charge in [-0.2, -0.15) is 18.2 Å². The number of nitrogens with zero attached hydrogens (tertiary/aromatic N) is 3. The summed E-state index contributed by atoms with van der Waals surface area (Å²) >= 11 is -0.206. The Morgan fingerprint density at radius 3 is 2.52 bits per heavy atom. The number of thioether (sulfide) groups is 1. The van der Waals surface area contributed by atoms with Gasteiger partial charge < -0.3 is 16.8 Å². The summed E-state index contributed by atoms with van der Waals surface area (Å²) in [5, 5.41) is 14.4. The molecule has 0 aliphatic heterocycles. The molecule has 8 nitrogen and oxygen atoms in total. The zero-order chi connectivity index (χ0) is 22.6. The van der Waals surface area contributed by atoms with Gasteiger partial charge in [0.05, 0.1) is 4.92 Å². The third kappa shape index (κ3) is 6.44. The molecule has 12 heteroatoms. The largest absolute Gasteiger partial charge is 0.446 e. The molecule has 0 atom stereocenters. The van der Waals surface area contributed by atoms with E-state index >= 15 is 0 Å². The van der Waals surface area contributed by atoms with Crippen molar-refractivity contribution in [2.75, 3.05) is 11.1 Å². The van der Waals surface area contributed by atoms with Gasteiger partial charge in [-0.1, -0.05) is 18.2 Å². The molecule has 3 rings (SSSR count). The highest BCUT2D eigenvalue weighted by atomic mass is 32.2. The first-order valence-corrected chi connectivity index (χ1v) is 10.6. The summed E-state index contributed by atoms with van der Waals surface area (Å²) in [7, 11) is 0. The minimum Gasteiger partial charge on any atom is -0.378 e. The molecule has 2 aromatic rings. The molecule has 0 saturated heterocycles. The van der Waals surface area contributed by atoms with Crippen molar-refractivity contribution in [1.82, 2.24) is 9.97 Å². The van der Waals surface area contributed by atoms with Crippen molar-refractivity contribution in [3.8, 4) is 0 Å². The molecule has 0 amide bonds. The second kappa shape index (κ2) is 9.69. The first kappa shape index (κ1) is 23.1. The van der Waals surface area contributed by atoms with Crippen molar-refractivity contribution in [2.24, 2.45) is 11.7 Å². The van der Waals surface area contributed by atoms with Crippen molar-refractivity contribution in [1.29, 1.82) is 0 Å². The van der Waals surface area contributed by atoms with E-state index in [0.717, 1.165) is 25.7 Å². The normalized spacial score (nSPS) is 19.2. The lowest BCUT2D eigenvalue weighted by atomic mass is 9.83. The van der Waals surface area contributed by atoms with Crippen LogP contribution in [0.2, 0.25) is 0 Å². The monoisotopic (exact) mass is 456 g/mol. The molecule has 1 aliphatic carbocycles. The molecular weight excluding hydrogens is 433 g/mol. The van der Waals surface area contributed by atoms with Gasteiger partial charge in [0.1, 0.15) is 5.69 Å². The highest BCUT2D eigenvalue weighted by Crippen LogP contribution is 2.38. The number of aromatic nitrogens is 2. The maximum absolute atomic E-state index is 12.8. The fourth-order valence-corrected chi connectivity index (χ4v) is 4.32. The number of nitro groups is 1. The Morgan fingerprint density at radius 1 is 1.19 bits per heavy atom. The van der Waals surface area contributed by atoms with Gasteiger partial charge >= 0.3 is 11.2 Å². The molecular formula is C19H23F3N6O2S. The predicted molar refractivity (Wildman–Crippen MR) is 112 cm³/mol. The number of nitrogens with two attached hydrogens (primary N) is 2. The van der Waals surface area contributed by atoms with Gasteiger partial charge in [-0.05, 0) is 61.4 Å². The third-order valence-electron chi connectivity index (χ3n) is 5.17. The van der Waals surface area contributed by atoms with Crippen LogP contribution in [0.1, 0.15) is 36.9 Å². The van der Waals surface area contributed by atoms with Crippen molar-refractivity contribution in [2.45, 2.75) is 55.1 Å². The van der Waals surface area contributed by atoms with Crippen LogP contribution in [0.4, 0.5) is 30.6 Å². The fraction of sp³-hybridized carbons (Fsp3) is 0.474. The first-order valence-electron chi connectivity index (χ1n) is 9.76. The summed E-state index contributed by atoms with van der Waals surface area (Å²) in [6, 6.07) is 6.23. The lowest BCUT2D eigenvalue weighted by Gasteiger charge is -2.25. The van der Waals surface area contributed by atoms with E-state index in [0.29, 0.717) is 12.0 Å². The number of alkyl halides is 3. The van der Waals surface area contributed by atoms with Gasteiger partial charge in [0.25, 0.3) is 0 Å². The number of hydrogen-bond donors (Lipinski definition) is 3. The molecule has 1 aromatic carbocycles. The predicted octanol–water partition coefficient (Wildman–Crippen LogP) is 4.25. The van der Waals surface area contributed by atoms with Crippen LogP contribution in [0.5, 0.6) is 0 Å². The zero-order valence-corrected chi connectivity index (χ0v) is 17.4. The number of hydrogen-bond acceptors (Lipinski definition) is 8. The van der Waals surface area contributed by atoms with Gasteiger partial charge in [0.2, 0.25) is 11.8 Å². The van der Waals surface area contributed by atoms with Gasteiger partial charge in [-0.25, -0.2) is 4.98 Å². The van der Waals surface area contributed by atoms with Gasteiger partial charge in [0.15, 0.2) is 0 Å². The summed E-state index contributed by atoms with van der Waals surface area (Å²) in [6.07, 6.45) is 3.74. The Balaban J connectivity index is 1.79. The summed E-state index contributed by atoms with van der Waals surface area (Å²) in [5.74, 6) is -0.0371. The zero-order valence-electron chi connectivity index (χ0n) is 16.6. The Hall–Kier alpha value is -2.60. The van der Waals surface area contributed by atoms with Crippen LogP contribution in [0.3, 0.4) is 0 Å². The van der Waals surface area contributed by atoms with Crippen molar-refractivity contribution < 1.29 is 18.1 Å². The molecule has 0 spiro atoms. The summed E-state index contributed by atoms with van der Waals surface area (Å²) in [6.45, 7) is 0.00816. The minimum absolute atomic E-state index is 0.00816. The number of nitrogen functional groups attached to an aromatic ring is 1. The number of halogens is 3. The lowest BCUT2D eigenvalue weighted by Crippen LogP contribution is -2.27. The second-order valence-corrected chi connectivity index (χ2v) is 8.59. The highest BCUT2D eigenvalue weighted by molar-refractivity contribution is 8.00. The highest BCUT2D eigenvalue weighted by Gasteiger charge is 2.30. The maximum Gasteiger partial charge on any atom is 0.446 e. The van der Waals surface area contributed by atoms with Crippen LogP contribution in [0, 0.1) is 16.0 Å². The van der Waals surface area contributed by atoms with E-state index in [2.05, 4.69) is 15.3 Å². The van der Waals surface area contributed by atoms with E-state index in [1.807, 2.05) is 0 Å². The van der Waals surface area contributed by atoms with Crippen LogP contribution >= 0.6 is 11.8 Å². The van der Waals surface area contributed by atoms with E-state index in [9.17, 15) is 23.3 Å². The Kier molecular flexibility index (Phi) is 7.21. The molecule has 1 aliphatic rings. The van der Waals surface area contributed by atoms with E-state index < -0.39 is 10.4 Å². The topological polar surface area (TPSA) is 133 Å². The summed E-state index contributed by atoms with van der Waals surface area (Å²) < 4.78 is 38.4. The fourth-order valence-electron chi connectivity index (χ4n) is 3.66. The third-order valence-corrected chi connectivity index (χ3v) is 6.02. The van der Waals surface area contributed by atoms with Crippen molar-refractivity contribution in [3.63, 3.8) is 0 Å². The molecule has 168 valence electrons. The molecule has 0 unspecified atom stereocenters. The van der Waals surface area contributed by atoms with E-state index in [1.165, 1.54) is 12.1 Å². The van der Waals surface area contributed by atoms with Crippen LogP contribution in [0.25, 0.3) is 0 Å². The molecule has 1 fully saturated rings. The lowest BCUT2D eigenvalue weighted by molar-refractivity contribution is -0.385. The van der Waals surface area contributed by atoms with Crippen molar-refractivity contribution in [3.05, 3.63) is 45.6 Å². The molecule has 5 N–H and O–H groups in total. The summed E-state index contributed by atoms with van der Waals surface area (Å²) in [5.41, 5.74) is 7.63. The van der Waals surface area contributed by atoms with Gasteiger partial charge in [-0.15, -0.1) is 0 Å². The van der Waals surface area contributed by atoms with Crippen LogP contribution in [0.15, 0.2) is 29.2 Å². The number of benzene rings is 1. The van der Waals surface area contributed by atoms with Crippen molar-refractivity contribution >= 4 is 29.2 Å². The summed E-state index contributed by atoms with van der Waals surface area (Å²) in [4.78, 5) is 19.2. The second-order valence-electron chi connectivity index (χ2n) is 7.48. The minimum atomic E-state index is -4.42. The smallest absolute Gasteiger partial charge is 0.378 e. The number of rotatable bonds is 7. The SMILES string of the molecule is Nc1nc(NCc2ccccc2SC(F)(F)F)nc(C[C@H]2CC[C@H](N)CC2)c1[N+](=O)[O-]. The Labute approximate surface area is 181 Å². The van der Waals surface area contributed by atoms with Crippen LogP contribution in [-0.4, -0.2) is 26.4 Å². The Bertz CT molecular complexity index is 935. The molecule has 1 heterocycles. The molecule has 31 heavy (non-hydrogen) atoms. The average molecular weight is 456 g/mol. The van der Waals surface area contributed by atoms with Gasteiger partial charge in [0, 0.05) is 17.5 Å². The molecule has 1 saturated carbocycles. The molecule has 1 aromatic heterocycles. The quantitative estimate of drug-likeness (QED) is 0.320. The van der Waals surface area contributed by atoms with E-state index in [1.54, 1.807) is 12.1 Å². The van der Waals surface area contributed by atoms with Crippen LogP contribution in [-0.2, 0) is 13.0 Å². The number of anilines is 2. The van der Waals surface area contributed by atoms with Gasteiger partial charge in [-0.3, -0.25) is 10.1 Å². The first-order chi connectivity index (χ1) is 14.6. The Morgan fingerprint density at radius 2 is 1.87 bits per heavy atom. The van der Waals surface area contributed by atoms with E-state index in [-0.39, 0.29) is 58.3 Å². The van der Waals surface area contributed by atoms with E-state index in [4.69, 9.17) is 11.5 Å². The number of nitrogens with one attached hydrogen (secondary N) is 1. The van der Waals surface area contributed by atoms with Crippen LogP contribution < -0.4 is 16.8 Å². The molecule has 0 bridgehead atoms. The standard InChI is InChI=1S/C19H23F3N6O2S/c20-19(21,22)31-15-4-2-1-3-12(15)10-25-18-26-14(16(28(29)30)17(24)27-18)9-11-5-7-13(23)8-6-11/h1-4,11,13H,5-10,23H2,(H3,24,25,26,27)/t11-,13-. The average Bonchev–Trinajstić information content (AvgIpc) is 2.67. The molecule has 0 radical (unpaired) electrons.